The maximum Gasteiger partial charge on any atom is 0.254 e. The molecule has 3 aromatic carbocycles. The van der Waals surface area contributed by atoms with E-state index in [4.69, 9.17) is 4.74 Å². The Morgan fingerprint density at radius 3 is 2.43 bits per heavy atom. The number of carbonyl (C=O) groups is 1. The van der Waals surface area contributed by atoms with E-state index in [0.717, 1.165) is 35.1 Å². The first-order valence-electron chi connectivity index (χ1n) is 12.2. The Morgan fingerprint density at radius 2 is 1.78 bits per heavy atom. The maximum atomic E-state index is 15.1. The third-order valence-corrected chi connectivity index (χ3v) is 7.76. The van der Waals surface area contributed by atoms with Gasteiger partial charge in [-0.05, 0) is 54.3 Å². The average molecular weight is 523 g/mol. The van der Waals surface area contributed by atoms with E-state index in [1.165, 1.54) is 17.7 Å². The fourth-order valence-electron chi connectivity index (χ4n) is 4.54. The highest BCUT2D eigenvalue weighted by molar-refractivity contribution is 7.90. The van der Waals surface area contributed by atoms with E-state index in [2.05, 4.69) is 29.3 Å². The summed E-state index contributed by atoms with van der Waals surface area (Å²) in [5, 5.41) is 0. The number of ether oxygens (including phenoxy) is 1. The van der Waals surface area contributed by atoms with Crippen LogP contribution in [0.25, 0.3) is 11.1 Å². The van der Waals surface area contributed by atoms with Crippen LogP contribution in [0.5, 0.6) is 5.75 Å². The molecule has 0 N–H and O–H groups in total. The van der Waals surface area contributed by atoms with Gasteiger partial charge in [-0.2, -0.15) is 0 Å². The van der Waals surface area contributed by atoms with Crippen LogP contribution in [0.2, 0.25) is 0 Å². The van der Waals surface area contributed by atoms with Gasteiger partial charge in [0, 0.05) is 48.7 Å². The fraction of sp³-hybridized carbons (Fsp3) is 0.310. The number of nitrogens with zero attached hydrogens (tertiary/aromatic N) is 2. The summed E-state index contributed by atoms with van der Waals surface area (Å²) in [4.78, 5) is 19.0. The van der Waals surface area contributed by atoms with Gasteiger partial charge in [0.1, 0.15) is 23.1 Å². The number of benzene rings is 3. The quantitative estimate of drug-likeness (QED) is 0.421. The van der Waals surface area contributed by atoms with E-state index < -0.39 is 20.5 Å². The first-order chi connectivity index (χ1) is 17.6. The molecule has 1 aliphatic rings. The van der Waals surface area contributed by atoms with Gasteiger partial charge in [0.15, 0.2) is 9.84 Å². The molecular weight excluding hydrogens is 491 g/mol. The van der Waals surface area contributed by atoms with Crippen molar-refractivity contribution in [3.63, 3.8) is 0 Å². The van der Waals surface area contributed by atoms with Crippen molar-refractivity contribution in [2.45, 2.75) is 38.1 Å². The molecule has 3 aromatic rings. The zero-order valence-corrected chi connectivity index (χ0v) is 22.4. The number of amides is 1. The zero-order chi connectivity index (χ0) is 26.7. The lowest BCUT2D eigenvalue weighted by Gasteiger charge is -2.22. The van der Waals surface area contributed by atoms with Gasteiger partial charge in [0.25, 0.3) is 5.91 Å². The summed E-state index contributed by atoms with van der Waals surface area (Å²) in [6.45, 7) is 4.64. The highest BCUT2D eigenvalue weighted by Gasteiger charge is 2.27. The van der Waals surface area contributed by atoms with E-state index in [9.17, 15) is 13.2 Å². The number of sulfone groups is 1. The zero-order valence-electron chi connectivity index (χ0n) is 21.5. The molecule has 1 amide bonds. The number of hydrogen-bond acceptors (Lipinski definition) is 5. The van der Waals surface area contributed by atoms with Gasteiger partial charge in [-0.1, -0.05) is 37.3 Å². The molecule has 0 aromatic heterocycles. The molecule has 0 spiro atoms. The second kappa shape index (κ2) is 10.8. The molecular formula is C29H31FN2O4S. The van der Waals surface area contributed by atoms with Gasteiger partial charge < -0.3 is 9.64 Å². The highest BCUT2D eigenvalue weighted by Crippen LogP contribution is 2.31. The topological polar surface area (TPSA) is 76.0 Å². The molecule has 0 bridgehead atoms. The summed E-state index contributed by atoms with van der Waals surface area (Å²) in [7, 11) is -1.96. The lowest BCUT2D eigenvalue weighted by molar-refractivity contribution is 0.0731. The highest BCUT2D eigenvalue weighted by atomic mass is 32.2. The van der Waals surface area contributed by atoms with Crippen LogP contribution in [0.15, 0.2) is 64.5 Å². The van der Waals surface area contributed by atoms with Crippen LogP contribution in [-0.2, 0) is 29.2 Å². The molecule has 37 heavy (non-hydrogen) atoms. The predicted molar refractivity (Wildman–Crippen MR) is 144 cm³/mol. The largest absolute Gasteiger partial charge is 0.491 e. The Bertz CT molecular complexity index is 1460. The van der Waals surface area contributed by atoms with E-state index in [0.29, 0.717) is 25.4 Å². The van der Waals surface area contributed by atoms with E-state index in [-0.39, 0.29) is 23.5 Å². The summed E-state index contributed by atoms with van der Waals surface area (Å²) in [5.41, 5.74) is 5.43. The van der Waals surface area contributed by atoms with Gasteiger partial charge in [0.2, 0.25) is 0 Å². The fourth-order valence-corrected chi connectivity index (χ4v) is 5.30. The SMILES string of the molecule is CCc1c(C(=O)N2CCOc3ccc(-c4ccc(CC(C)=NC)cc4)cc3C2)ccc(S(C)(=O)=O)c1F. The lowest BCUT2D eigenvalue weighted by Crippen LogP contribution is -2.33. The number of rotatable bonds is 6. The van der Waals surface area contributed by atoms with Crippen molar-refractivity contribution in [3.05, 3.63) is 82.7 Å². The van der Waals surface area contributed by atoms with E-state index in [1.807, 2.05) is 25.1 Å². The molecule has 0 aliphatic carbocycles. The van der Waals surface area contributed by atoms with Crippen LogP contribution in [0, 0.1) is 5.82 Å². The molecule has 0 saturated carbocycles. The van der Waals surface area contributed by atoms with Crippen LogP contribution in [0.3, 0.4) is 0 Å². The molecule has 6 nitrogen and oxygen atoms in total. The Kier molecular flexibility index (Phi) is 7.78. The molecule has 1 heterocycles. The third kappa shape index (κ3) is 5.74. The number of halogens is 1. The molecule has 4 rings (SSSR count). The van der Waals surface area contributed by atoms with Crippen LogP contribution in [0.1, 0.15) is 40.9 Å². The van der Waals surface area contributed by atoms with Crippen molar-refractivity contribution in [1.29, 1.82) is 0 Å². The number of carbonyl (C=O) groups excluding carboxylic acids is 1. The Morgan fingerprint density at radius 1 is 1.08 bits per heavy atom. The number of fused-ring (bicyclic) bond motifs is 1. The summed E-state index contributed by atoms with van der Waals surface area (Å²) in [6.07, 6.45) is 1.96. The monoisotopic (exact) mass is 522 g/mol. The second-order valence-corrected chi connectivity index (χ2v) is 11.2. The van der Waals surface area contributed by atoms with Gasteiger partial charge in [-0.15, -0.1) is 0 Å². The Labute approximate surface area is 217 Å². The van der Waals surface area contributed by atoms with Crippen molar-refractivity contribution >= 4 is 21.5 Å². The first kappa shape index (κ1) is 26.5. The lowest BCUT2D eigenvalue weighted by atomic mass is 9.99. The van der Waals surface area contributed by atoms with Crippen molar-refractivity contribution in [2.24, 2.45) is 4.99 Å². The summed E-state index contributed by atoms with van der Waals surface area (Å²) < 4.78 is 44.9. The molecule has 8 heteroatoms. The minimum absolute atomic E-state index is 0.107. The minimum atomic E-state index is -3.75. The Balaban J connectivity index is 1.62. The standard InChI is InChI=1S/C29H31FN2O4S/c1-5-24-25(11-13-27(28(24)30)37(4,34)35)29(33)32-14-15-36-26-12-10-22(17-23(26)18-32)21-8-6-20(7-9-21)16-19(2)31-3/h6-13,17H,5,14-16,18H2,1-4H3. The van der Waals surface area contributed by atoms with Crippen molar-refractivity contribution in [2.75, 3.05) is 26.5 Å². The smallest absolute Gasteiger partial charge is 0.254 e. The number of aliphatic imine (C=N–C) groups is 1. The van der Waals surface area contributed by atoms with Gasteiger partial charge in [-0.3, -0.25) is 9.79 Å². The van der Waals surface area contributed by atoms with Crippen molar-refractivity contribution < 1.29 is 22.3 Å². The van der Waals surface area contributed by atoms with Crippen molar-refractivity contribution in [1.82, 2.24) is 4.90 Å². The molecule has 0 saturated heterocycles. The van der Waals surface area contributed by atoms with Crippen LogP contribution >= 0.6 is 0 Å². The van der Waals surface area contributed by atoms with Crippen LogP contribution in [0.4, 0.5) is 4.39 Å². The normalized spacial score (nSPS) is 14.1. The summed E-state index contributed by atoms with van der Waals surface area (Å²) in [6, 6.07) is 16.8. The van der Waals surface area contributed by atoms with Gasteiger partial charge in [-0.25, -0.2) is 12.8 Å². The molecule has 194 valence electrons. The molecule has 0 fully saturated rings. The molecule has 0 radical (unpaired) electrons. The maximum absolute atomic E-state index is 15.1. The average Bonchev–Trinajstić information content (AvgIpc) is 3.09. The van der Waals surface area contributed by atoms with Gasteiger partial charge >= 0.3 is 0 Å². The van der Waals surface area contributed by atoms with E-state index in [1.54, 1.807) is 18.9 Å². The van der Waals surface area contributed by atoms with E-state index >= 15 is 4.39 Å². The van der Waals surface area contributed by atoms with Crippen molar-refractivity contribution in [3.8, 4) is 16.9 Å². The molecule has 0 atom stereocenters. The second-order valence-electron chi connectivity index (χ2n) is 9.26. The predicted octanol–water partition coefficient (Wildman–Crippen LogP) is 5.13. The van der Waals surface area contributed by atoms with Crippen LogP contribution < -0.4 is 4.74 Å². The Hall–Kier alpha value is -3.52. The minimum Gasteiger partial charge on any atom is -0.491 e. The summed E-state index contributed by atoms with van der Waals surface area (Å²) >= 11 is 0. The van der Waals surface area contributed by atoms with Crippen LogP contribution in [-0.4, -0.2) is 51.4 Å². The molecule has 1 aliphatic heterocycles. The number of hydrogen-bond donors (Lipinski definition) is 0. The first-order valence-corrected chi connectivity index (χ1v) is 14.1. The molecule has 0 unspecified atom stereocenters. The third-order valence-electron chi connectivity index (χ3n) is 6.65. The summed E-state index contributed by atoms with van der Waals surface area (Å²) in [5.74, 6) is -0.497. The van der Waals surface area contributed by atoms with Gasteiger partial charge in [0.05, 0.1) is 6.54 Å².